The summed E-state index contributed by atoms with van der Waals surface area (Å²) in [5, 5.41) is 0. The number of aryl methyl sites for hydroxylation is 1. The molecular formula is C11H15BrN2O2S. The van der Waals surface area contributed by atoms with E-state index < -0.39 is 10.0 Å². The van der Waals surface area contributed by atoms with Crippen molar-refractivity contribution in [2.75, 3.05) is 13.1 Å². The van der Waals surface area contributed by atoms with Gasteiger partial charge in [-0.25, -0.2) is 8.42 Å². The van der Waals surface area contributed by atoms with E-state index in [1.165, 1.54) is 4.31 Å². The van der Waals surface area contributed by atoms with E-state index in [9.17, 15) is 8.42 Å². The fraction of sp³-hybridized carbons (Fsp3) is 0.455. The minimum Gasteiger partial charge on any atom is -0.326 e. The lowest BCUT2D eigenvalue weighted by atomic mass is 10.2. The monoisotopic (exact) mass is 318 g/mol. The van der Waals surface area contributed by atoms with E-state index in [-0.39, 0.29) is 6.04 Å². The molecule has 2 rings (SSSR count). The van der Waals surface area contributed by atoms with Crippen LogP contribution in [0.1, 0.15) is 12.0 Å². The molecule has 1 aromatic carbocycles. The van der Waals surface area contributed by atoms with E-state index in [0.717, 1.165) is 16.5 Å². The fourth-order valence-electron chi connectivity index (χ4n) is 1.97. The lowest BCUT2D eigenvalue weighted by molar-refractivity contribution is 0.472. The fourth-order valence-corrected chi connectivity index (χ4v) is 4.37. The molecule has 0 saturated carbocycles. The SMILES string of the molecule is Cc1cc(Br)cc(S(=O)(=O)N2CCC(N)C2)c1. The van der Waals surface area contributed by atoms with Crippen LogP contribution in [0.15, 0.2) is 27.6 Å². The third-order valence-corrected chi connectivity index (χ3v) is 5.14. The van der Waals surface area contributed by atoms with Crippen molar-refractivity contribution in [1.82, 2.24) is 4.31 Å². The Bertz CT molecular complexity index is 510. The summed E-state index contributed by atoms with van der Waals surface area (Å²) in [5.41, 5.74) is 6.66. The first-order valence-electron chi connectivity index (χ1n) is 5.42. The Morgan fingerprint density at radius 2 is 2.12 bits per heavy atom. The van der Waals surface area contributed by atoms with Gasteiger partial charge in [0.1, 0.15) is 0 Å². The Kier molecular flexibility index (Phi) is 3.58. The summed E-state index contributed by atoms with van der Waals surface area (Å²) in [6, 6.07) is 5.16. The molecule has 94 valence electrons. The van der Waals surface area contributed by atoms with Gasteiger partial charge in [-0.15, -0.1) is 0 Å². The topological polar surface area (TPSA) is 63.4 Å². The van der Waals surface area contributed by atoms with Gasteiger partial charge in [-0.2, -0.15) is 4.31 Å². The Labute approximate surface area is 110 Å². The Balaban J connectivity index is 2.38. The summed E-state index contributed by atoms with van der Waals surface area (Å²) in [5.74, 6) is 0. The molecule has 0 amide bonds. The smallest absolute Gasteiger partial charge is 0.243 e. The van der Waals surface area contributed by atoms with E-state index in [2.05, 4.69) is 15.9 Å². The summed E-state index contributed by atoms with van der Waals surface area (Å²) < 4.78 is 26.9. The maximum absolute atomic E-state index is 12.3. The van der Waals surface area contributed by atoms with Gasteiger partial charge in [0.25, 0.3) is 0 Å². The largest absolute Gasteiger partial charge is 0.326 e. The van der Waals surface area contributed by atoms with Crippen molar-refractivity contribution in [1.29, 1.82) is 0 Å². The van der Waals surface area contributed by atoms with Gasteiger partial charge < -0.3 is 5.73 Å². The van der Waals surface area contributed by atoms with E-state index in [4.69, 9.17) is 5.73 Å². The molecule has 1 heterocycles. The van der Waals surface area contributed by atoms with Crippen LogP contribution in [0.2, 0.25) is 0 Å². The van der Waals surface area contributed by atoms with E-state index >= 15 is 0 Å². The minimum atomic E-state index is -3.39. The van der Waals surface area contributed by atoms with Crippen molar-refractivity contribution < 1.29 is 8.42 Å². The zero-order valence-corrected chi connectivity index (χ0v) is 12.0. The summed E-state index contributed by atoms with van der Waals surface area (Å²) in [7, 11) is -3.39. The summed E-state index contributed by atoms with van der Waals surface area (Å²) in [6.45, 7) is 2.79. The standard InChI is InChI=1S/C11H15BrN2O2S/c1-8-4-9(12)6-11(5-8)17(15,16)14-3-2-10(13)7-14/h4-6,10H,2-3,7,13H2,1H3. The van der Waals surface area contributed by atoms with Gasteiger partial charge >= 0.3 is 0 Å². The average Bonchev–Trinajstić information content (AvgIpc) is 2.64. The molecule has 4 nitrogen and oxygen atoms in total. The number of nitrogens with two attached hydrogens (primary N) is 1. The molecule has 1 fully saturated rings. The van der Waals surface area contributed by atoms with Crippen molar-refractivity contribution >= 4 is 26.0 Å². The van der Waals surface area contributed by atoms with E-state index in [0.29, 0.717) is 18.0 Å². The first-order chi connectivity index (χ1) is 7.89. The van der Waals surface area contributed by atoms with Crippen LogP contribution in [-0.4, -0.2) is 31.9 Å². The first-order valence-corrected chi connectivity index (χ1v) is 7.66. The molecule has 0 radical (unpaired) electrons. The van der Waals surface area contributed by atoms with Gasteiger partial charge in [0.2, 0.25) is 10.0 Å². The summed E-state index contributed by atoms with van der Waals surface area (Å²) in [4.78, 5) is 0.332. The second-order valence-corrected chi connectivity index (χ2v) is 7.23. The molecule has 0 spiro atoms. The molecule has 0 aliphatic carbocycles. The lowest BCUT2D eigenvalue weighted by Gasteiger charge is -2.16. The molecule has 0 aromatic heterocycles. The van der Waals surface area contributed by atoms with E-state index in [1.807, 2.05) is 13.0 Å². The lowest BCUT2D eigenvalue weighted by Crippen LogP contribution is -2.32. The molecule has 2 N–H and O–H groups in total. The van der Waals surface area contributed by atoms with Gasteiger partial charge in [0.15, 0.2) is 0 Å². The second-order valence-electron chi connectivity index (χ2n) is 4.38. The van der Waals surface area contributed by atoms with Crippen LogP contribution >= 0.6 is 15.9 Å². The van der Waals surface area contributed by atoms with Crippen molar-refractivity contribution in [3.05, 3.63) is 28.2 Å². The molecular weight excluding hydrogens is 304 g/mol. The first kappa shape index (κ1) is 13.0. The zero-order chi connectivity index (χ0) is 12.6. The van der Waals surface area contributed by atoms with Crippen molar-refractivity contribution in [2.45, 2.75) is 24.3 Å². The number of sulfonamides is 1. The second kappa shape index (κ2) is 4.68. The van der Waals surface area contributed by atoms with E-state index in [1.54, 1.807) is 12.1 Å². The molecule has 1 aromatic rings. The maximum Gasteiger partial charge on any atom is 0.243 e. The highest BCUT2D eigenvalue weighted by Gasteiger charge is 2.31. The van der Waals surface area contributed by atoms with Gasteiger partial charge in [0, 0.05) is 23.6 Å². The molecule has 17 heavy (non-hydrogen) atoms. The minimum absolute atomic E-state index is 0.0435. The third-order valence-electron chi connectivity index (χ3n) is 2.84. The van der Waals surface area contributed by atoms with Crippen molar-refractivity contribution in [2.24, 2.45) is 5.73 Å². The molecule has 1 aliphatic rings. The van der Waals surface area contributed by atoms with Crippen LogP contribution in [0.5, 0.6) is 0 Å². The van der Waals surface area contributed by atoms with Crippen molar-refractivity contribution in [3.8, 4) is 0 Å². The highest BCUT2D eigenvalue weighted by atomic mass is 79.9. The normalized spacial score (nSPS) is 21.9. The van der Waals surface area contributed by atoms with Gasteiger partial charge in [-0.1, -0.05) is 15.9 Å². The Hall–Kier alpha value is -0.430. The number of benzene rings is 1. The number of hydrogen-bond acceptors (Lipinski definition) is 3. The van der Waals surface area contributed by atoms with Gasteiger partial charge in [0.05, 0.1) is 4.90 Å². The van der Waals surface area contributed by atoms with Gasteiger partial charge in [-0.3, -0.25) is 0 Å². The van der Waals surface area contributed by atoms with Crippen LogP contribution < -0.4 is 5.73 Å². The molecule has 1 atom stereocenters. The predicted molar refractivity (Wildman–Crippen MR) is 70.2 cm³/mol. The summed E-state index contributed by atoms with van der Waals surface area (Å²) >= 11 is 3.32. The number of rotatable bonds is 2. The van der Waals surface area contributed by atoms with Crippen LogP contribution in [0.4, 0.5) is 0 Å². The zero-order valence-electron chi connectivity index (χ0n) is 9.56. The quantitative estimate of drug-likeness (QED) is 0.898. The van der Waals surface area contributed by atoms with Crippen LogP contribution in [0.25, 0.3) is 0 Å². The molecule has 6 heteroatoms. The molecule has 1 unspecified atom stereocenters. The van der Waals surface area contributed by atoms with Crippen LogP contribution in [0, 0.1) is 6.92 Å². The van der Waals surface area contributed by atoms with Gasteiger partial charge in [-0.05, 0) is 37.1 Å². The van der Waals surface area contributed by atoms with Crippen molar-refractivity contribution in [3.63, 3.8) is 0 Å². The average molecular weight is 319 g/mol. The number of hydrogen-bond donors (Lipinski definition) is 1. The molecule has 1 saturated heterocycles. The molecule has 1 aliphatic heterocycles. The highest BCUT2D eigenvalue weighted by molar-refractivity contribution is 9.10. The summed E-state index contributed by atoms with van der Waals surface area (Å²) in [6.07, 6.45) is 0.728. The number of nitrogens with zero attached hydrogens (tertiary/aromatic N) is 1. The highest BCUT2D eigenvalue weighted by Crippen LogP contribution is 2.24. The maximum atomic E-state index is 12.3. The predicted octanol–water partition coefficient (Wildman–Crippen LogP) is 1.48. The number of halogens is 1. The van der Waals surface area contributed by atoms with Crippen LogP contribution in [-0.2, 0) is 10.0 Å². The Morgan fingerprint density at radius 3 is 2.65 bits per heavy atom. The van der Waals surface area contributed by atoms with Crippen LogP contribution in [0.3, 0.4) is 0 Å². The third kappa shape index (κ3) is 2.70. The Morgan fingerprint density at radius 1 is 1.41 bits per heavy atom. The molecule has 0 bridgehead atoms.